The molecular weight excluding hydrogens is 413 g/mol. The molecule has 3 rings (SSSR count). The first kappa shape index (κ1) is 21.7. The minimum Gasteiger partial charge on any atom is -0.370 e. The summed E-state index contributed by atoms with van der Waals surface area (Å²) < 4.78 is 37.3. The number of anilines is 1. The van der Waals surface area contributed by atoms with E-state index in [1.807, 2.05) is 4.90 Å². The molecule has 0 radical (unpaired) electrons. The van der Waals surface area contributed by atoms with Gasteiger partial charge in [0.05, 0.1) is 11.3 Å². The highest BCUT2D eigenvalue weighted by Gasteiger charge is 2.25. The number of sulfone groups is 1. The summed E-state index contributed by atoms with van der Waals surface area (Å²) in [4.78, 5) is 26.3. The van der Waals surface area contributed by atoms with Crippen molar-refractivity contribution < 1.29 is 22.5 Å². The van der Waals surface area contributed by atoms with Crippen LogP contribution in [0.25, 0.3) is 0 Å². The van der Waals surface area contributed by atoms with Crippen LogP contribution in [0, 0.1) is 15.9 Å². The molecule has 1 aliphatic heterocycles. The monoisotopic (exact) mass is 435 g/mol. The van der Waals surface area contributed by atoms with Crippen LogP contribution >= 0.6 is 0 Å². The number of benzene rings is 2. The minimum absolute atomic E-state index is 0.105. The van der Waals surface area contributed by atoms with E-state index >= 15 is 0 Å². The van der Waals surface area contributed by atoms with Crippen molar-refractivity contribution >= 4 is 27.1 Å². The van der Waals surface area contributed by atoms with Crippen molar-refractivity contribution in [2.45, 2.75) is 17.7 Å². The number of nitrogens with zero attached hydrogens (tertiary/aromatic N) is 3. The van der Waals surface area contributed by atoms with Crippen LogP contribution in [0.1, 0.15) is 12.0 Å². The van der Waals surface area contributed by atoms with E-state index in [9.17, 15) is 27.7 Å². The van der Waals surface area contributed by atoms with Gasteiger partial charge in [0.2, 0.25) is 5.91 Å². The van der Waals surface area contributed by atoms with Crippen LogP contribution in [0.2, 0.25) is 0 Å². The van der Waals surface area contributed by atoms with Gasteiger partial charge in [-0.1, -0.05) is 12.1 Å². The van der Waals surface area contributed by atoms with Crippen LogP contribution in [0.4, 0.5) is 15.8 Å². The zero-order chi connectivity index (χ0) is 21.9. The second-order valence-electron chi connectivity index (χ2n) is 7.21. The van der Waals surface area contributed by atoms with Gasteiger partial charge in [0.15, 0.2) is 9.84 Å². The second-order valence-corrected chi connectivity index (χ2v) is 9.19. The maximum Gasteiger partial charge on any atom is 0.288 e. The van der Waals surface area contributed by atoms with Gasteiger partial charge in [-0.3, -0.25) is 14.9 Å². The molecule has 0 bridgehead atoms. The van der Waals surface area contributed by atoms with Gasteiger partial charge in [-0.2, -0.15) is 0 Å². The fourth-order valence-electron chi connectivity index (χ4n) is 3.51. The Morgan fingerprint density at radius 1 is 1.13 bits per heavy atom. The van der Waals surface area contributed by atoms with Crippen molar-refractivity contribution in [1.82, 2.24) is 4.90 Å². The van der Waals surface area contributed by atoms with Gasteiger partial charge < -0.3 is 9.80 Å². The van der Waals surface area contributed by atoms with Gasteiger partial charge >= 0.3 is 0 Å². The average molecular weight is 435 g/mol. The Balaban J connectivity index is 1.73. The van der Waals surface area contributed by atoms with E-state index in [0.29, 0.717) is 43.9 Å². The van der Waals surface area contributed by atoms with E-state index in [1.165, 1.54) is 30.3 Å². The van der Waals surface area contributed by atoms with Crippen LogP contribution in [0.15, 0.2) is 47.4 Å². The van der Waals surface area contributed by atoms with E-state index in [4.69, 9.17) is 0 Å². The summed E-state index contributed by atoms with van der Waals surface area (Å²) in [6.07, 6.45) is 1.70. The molecule has 160 valence electrons. The van der Waals surface area contributed by atoms with Crippen molar-refractivity contribution in [3.05, 3.63) is 64.0 Å². The molecule has 1 heterocycles. The summed E-state index contributed by atoms with van der Waals surface area (Å²) in [7, 11) is -3.77. The van der Waals surface area contributed by atoms with Gasteiger partial charge in [-0.25, -0.2) is 12.8 Å². The Kier molecular flexibility index (Phi) is 6.35. The first-order valence-corrected chi connectivity index (χ1v) is 11.3. The smallest absolute Gasteiger partial charge is 0.288 e. The maximum absolute atomic E-state index is 13.3. The Morgan fingerprint density at radius 2 is 1.90 bits per heavy atom. The lowest BCUT2D eigenvalue weighted by molar-refractivity contribution is -0.387. The number of rotatable bonds is 5. The predicted molar refractivity (Wildman–Crippen MR) is 110 cm³/mol. The summed E-state index contributed by atoms with van der Waals surface area (Å²) in [5.74, 6) is -0.495. The molecular formula is C20H22FN3O5S. The number of amides is 1. The average Bonchev–Trinajstić information content (AvgIpc) is 2.93. The fourth-order valence-corrected chi connectivity index (χ4v) is 4.36. The summed E-state index contributed by atoms with van der Waals surface area (Å²) in [6.45, 7) is 1.97. The zero-order valence-corrected chi connectivity index (χ0v) is 17.3. The summed E-state index contributed by atoms with van der Waals surface area (Å²) in [5.41, 5.74) is 0.706. The first-order chi connectivity index (χ1) is 14.1. The molecule has 1 saturated heterocycles. The molecule has 0 aliphatic carbocycles. The molecule has 0 saturated carbocycles. The standard InChI is InChI=1S/C20H22FN3O5S/c1-30(28,29)19-14-17(6-7-18(19)24(26)27)22-8-3-9-23(11-10-22)20(25)13-15-4-2-5-16(21)12-15/h2,4-7,12,14H,3,8-11,13H2,1H3. The Bertz CT molecular complexity index is 1070. The molecule has 1 fully saturated rings. The van der Waals surface area contributed by atoms with Crippen molar-refractivity contribution in [2.75, 3.05) is 37.3 Å². The van der Waals surface area contributed by atoms with E-state index in [1.54, 1.807) is 17.0 Å². The van der Waals surface area contributed by atoms with Crippen molar-refractivity contribution in [3.63, 3.8) is 0 Å². The summed E-state index contributed by atoms with van der Waals surface area (Å²) in [5, 5.41) is 11.2. The Hall–Kier alpha value is -3.01. The predicted octanol–water partition coefficient (Wildman–Crippen LogP) is 2.42. The number of nitro benzene ring substituents is 1. The molecule has 30 heavy (non-hydrogen) atoms. The summed E-state index contributed by atoms with van der Waals surface area (Å²) >= 11 is 0. The lowest BCUT2D eigenvalue weighted by Crippen LogP contribution is -2.36. The van der Waals surface area contributed by atoms with Crippen LogP contribution in [-0.2, 0) is 21.1 Å². The fraction of sp³-hybridized carbons (Fsp3) is 0.350. The number of hydrogen-bond donors (Lipinski definition) is 0. The number of halogens is 1. The Morgan fingerprint density at radius 3 is 2.57 bits per heavy atom. The largest absolute Gasteiger partial charge is 0.370 e. The quantitative estimate of drug-likeness (QED) is 0.528. The molecule has 0 aromatic heterocycles. The molecule has 0 N–H and O–H groups in total. The van der Waals surface area contributed by atoms with Crippen LogP contribution in [0.3, 0.4) is 0 Å². The maximum atomic E-state index is 13.3. The van der Waals surface area contributed by atoms with Gasteiger partial charge in [-0.05, 0) is 36.2 Å². The molecule has 1 aliphatic rings. The van der Waals surface area contributed by atoms with E-state index in [-0.39, 0.29) is 23.0 Å². The number of carbonyl (C=O) groups excluding carboxylic acids is 1. The molecule has 2 aromatic carbocycles. The highest BCUT2D eigenvalue weighted by atomic mass is 32.2. The molecule has 8 nitrogen and oxygen atoms in total. The van der Waals surface area contributed by atoms with E-state index in [2.05, 4.69) is 0 Å². The van der Waals surface area contributed by atoms with Crippen molar-refractivity contribution in [2.24, 2.45) is 0 Å². The highest BCUT2D eigenvalue weighted by Crippen LogP contribution is 2.29. The molecule has 1 amide bonds. The third-order valence-electron chi connectivity index (χ3n) is 5.00. The lowest BCUT2D eigenvalue weighted by Gasteiger charge is -2.24. The lowest BCUT2D eigenvalue weighted by atomic mass is 10.1. The van der Waals surface area contributed by atoms with Gasteiger partial charge in [0.1, 0.15) is 10.7 Å². The third-order valence-corrected chi connectivity index (χ3v) is 6.12. The van der Waals surface area contributed by atoms with E-state index in [0.717, 1.165) is 6.26 Å². The van der Waals surface area contributed by atoms with Gasteiger partial charge in [-0.15, -0.1) is 0 Å². The minimum atomic E-state index is -3.77. The van der Waals surface area contributed by atoms with Gasteiger partial charge in [0.25, 0.3) is 5.69 Å². The SMILES string of the molecule is CS(=O)(=O)c1cc(N2CCCN(C(=O)Cc3cccc(F)c3)CC2)ccc1[N+](=O)[O-]. The van der Waals surface area contributed by atoms with Crippen LogP contribution < -0.4 is 4.90 Å². The molecule has 0 unspecified atom stereocenters. The normalized spacial score (nSPS) is 15.0. The van der Waals surface area contributed by atoms with E-state index < -0.39 is 20.4 Å². The highest BCUT2D eigenvalue weighted by molar-refractivity contribution is 7.90. The number of nitro groups is 1. The summed E-state index contributed by atoms with van der Waals surface area (Å²) in [6, 6.07) is 9.97. The zero-order valence-electron chi connectivity index (χ0n) is 16.5. The first-order valence-electron chi connectivity index (χ1n) is 9.41. The van der Waals surface area contributed by atoms with Crippen LogP contribution in [-0.4, -0.2) is 56.6 Å². The Labute approximate surface area is 174 Å². The molecule has 2 aromatic rings. The topological polar surface area (TPSA) is 101 Å². The van der Waals surface area contributed by atoms with Crippen LogP contribution in [0.5, 0.6) is 0 Å². The van der Waals surface area contributed by atoms with Gasteiger partial charge in [0, 0.05) is 44.2 Å². The van der Waals surface area contributed by atoms with Crippen molar-refractivity contribution in [3.8, 4) is 0 Å². The third kappa shape index (κ3) is 5.12. The second kappa shape index (κ2) is 8.78. The van der Waals surface area contributed by atoms with Crippen molar-refractivity contribution in [1.29, 1.82) is 0 Å². The number of hydrogen-bond acceptors (Lipinski definition) is 6. The number of carbonyl (C=O) groups is 1. The molecule has 0 spiro atoms. The molecule has 0 atom stereocenters. The molecule has 10 heteroatoms.